The lowest BCUT2D eigenvalue weighted by Gasteiger charge is -2.27. The number of aromatic nitrogens is 2. The van der Waals surface area contributed by atoms with Gasteiger partial charge in [0.2, 0.25) is 5.43 Å². The van der Waals surface area contributed by atoms with Gasteiger partial charge in [0.1, 0.15) is 16.4 Å². The Hall–Kier alpha value is -2.36. The van der Waals surface area contributed by atoms with Crippen molar-refractivity contribution in [1.82, 2.24) is 9.55 Å². The van der Waals surface area contributed by atoms with Crippen molar-refractivity contribution in [1.29, 1.82) is 0 Å². The van der Waals surface area contributed by atoms with Crippen LogP contribution in [-0.2, 0) is 4.74 Å². The molecule has 0 spiro atoms. The number of hydrogen-bond donors (Lipinski definition) is 2. The minimum atomic E-state index is -1.53. The molecular weight excluding hydrogens is 412 g/mol. The lowest BCUT2D eigenvalue weighted by atomic mass is 9.91. The standard InChI is InChI=1S/C20H23ClN4O5/c1-10-14-16(25(12-2-3-12)7-13(17(14)26)30-19(27)28)15(21)18(23-10)24-6-11-4-5-29-20(11,8-22)9-24/h7,11-12H,2-6,8-9,22H2,1H3,(H,27,28). The zero-order valence-electron chi connectivity index (χ0n) is 16.6. The second kappa shape index (κ2) is 6.83. The van der Waals surface area contributed by atoms with E-state index in [-0.39, 0.29) is 17.4 Å². The molecule has 3 N–H and O–H groups in total. The molecule has 2 saturated heterocycles. The fraction of sp³-hybridized carbons (Fsp3) is 0.550. The summed E-state index contributed by atoms with van der Waals surface area (Å²) in [5.41, 5.74) is 6.19. The van der Waals surface area contributed by atoms with Crippen LogP contribution in [0.4, 0.5) is 10.6 Å². The zero-order chi connectivity index (χ0) is 21.2. The first-order chi connectivity index (χ1) is 14.3. The second-order valence-electron chi connectivity index (χ2n) is 8.37. The third-order valence-corrected chi connectivity index (χ3v) is 6.87. The molecule has 4 heterocycles. The minimum Gasteiger partial charge on any atom is -0.449 e. The molecular formula is C20H23ClN4O5. The van der Waals surface area contributed by atoms with Crippen molar-refractivity contribution in [3.05, 3.63) is 27.1 Å². The highest BCUT2D eigenvalue weighted by molar-refractivity contribution is 6.37. The number of carbonyl (C=O) groups is 1. The molecule has 2 atom stereocenters. The van der Waals surface area contributed by atoms with Crippen molar-refractivity contribution in [3.8, 4) is 5.75 Å². The fourth-order valence-corrected chi connectivity index (χ4v) is 5.23. The quantitative estimate of drug-likeness (QED) is 0.703. The molecule has 1 aliphatic carbocycles. The normalized spacial score (nSPS) is 25.7. The van der Waals surface area contributed by atoms with E-state index in [0.717, 1.165) is 25.8 Å². The van der Waals surface area contributed by atoms with Crippen LogP contribution in [0, 0.1) is 12.8 Å². The summed E-state index contributed by atoms with van der Waals surface area (Å²) in [5, 5.41) is 9.68. The number of hydrogen-bond acceptors (Lipinski definition) is 7. The van der Waals surface area contributed by atoms with Gasteiger partial charge in [0.25, 0.3) is 0 Å². The number of pyridine rings is 2. The number of anilines is 1. The predicted octanol–water partition coefficient (Wildman–Crippen LogP) is 2.30. The van der Waals surface area contributed by atoms with Gasteiger partial charge in [0.15, 0.2) is 5.75 Å². The van der Waals surface area contributed by atoms with Gasteiger partial charge >= 0.3 is 6.16 Å². The number of carboxylic acid groups (broad SMARTS) is 1. The van der Waals surface area contributed by atoms with E-state index in [9.17, 15) is 9.59 Å². The van der Waals surface area contributed by atoms with Gasteiger partial charge in [-0.2, -0.15) is 0 Å². The Bertz CT molecular complexity index is 1110. The molecule has 3 aliphatic rings. The maximum absolute atomic E-state index is 13.0. The van der Waals surface area contributed by atoms with Crippen molar-refractivity contribution < 1.29 is 19.4 Å². The highest BCUT2D eigenvalue weighted by Crippen LogP contribution is 2.45. The molecule has 30 heavy (non-hydrogen) atoms. The van der Waals surface area contributed by atoms with Crippen LogP contribution >= 0.6 is 11.6 Å². The Labute approximate surface area is 177 Å². The summed E-state index contributed by atoms with van der Waals surface area (Å²) in [4.78, 5) is 30.8. The molecule has 0 radical (unpaired) electrons. The van der Waals surface area contributed by atoms with Crippen LogP contribution in [0.3, 0.4) is 0 Å². The van der Waals surface area contributed by atoms with Crippen LogP contribution < -0.4 is 20.8 Å². The van der Waals surface area contributed by atoms with Crippen molar-refractivity contribution >= 4 is 34.5 Å². The van der Waals surface area contributed by atoms with Crippen LogP contribution in [0.5, 0.6) is 5.75 Å². The van der Waals surface area contributed by atoms with Crippen LogP contribution in [0.2, 0.25) is 5.02 Å². The highest BCUT2D eigenvalue weighted by atomic mass is 35.5. The average molecular weight is 435 g/mol. The summed E-state index contributed by atoms with van der Waals surface area (Å²) in [5.74, 6) is 0.684. The van der Waals surface area contributed by atoms with Crippen molar-refractivity contribution in [2.45, 2.75) is 37.8 Å². The Morgan fingerprint density at radius 3 is 2.87 bits per heavy atom. The molecule has 0 bridgehead atoms. The first kappa shape index (κ1) is 19.6. The predicted molar refractivity (Wildman–Crippen MR) is 111 cm³/mol. The van der Waals surface area contributed by atoms with E-state index in [4.69, 9.17) is 31.9 Å². The number of aryl methyl sites for hydroxylation is 1. The molecule has 0 amide bonds. The number of halogens is 1. The first-order valence-electron chi connectivity index (χ1n) is 10.1. The second-order valence-corrected chi connectivity index (χ2v) is 8.75. The van der Waals surface area contributed by atoms with Crippen molar-refractivity contribution in [3.63, 3.8) is 0 Å². The number of nitrogens with zero attached hydrogens (tertiary/aromatic N) is 3. The zero-order valence-corrected chi connectivity index (χ0v) is 17.3. The van der Waals surface area contributed by atoms with Gasteiger partial charge < -0.3 is 29.8 Å². The third-order valence-electron chi connectivity index (χ3n) is 6.52. The molecule has 9 nitrogen and oxygen atoms in total. The number of nitrogens with two attached hydrogens (primary N) is 1. The van der Waals surface area contributed by atoms with Crippen molar-refractivity contribution in [2.24, 2.45) is 11.7 Å². The Balaban J connectivity index is 1.68. The van der Waals surface area contributed by atoms with Gasteiger partial charge in [-0.05, 0) is 26.2 Å². The van der Waals surface area contributed by atoms with Gasteiger partial charge in [0.05, 0.1) is 29.3 Å². The highest BCUT2D eigenvalue weighted by Gasteiger charge is 2.51. The molecule has 160 valence electrons. The fourth-order valence-electron chi connectivity index (χ4n) is 4.88. The van der Waals surface area contributed by atoms with Gasteiger partial charge in [-0.3, -0.25) is 4.79 Å². The van der Waals surface area contributed by atoms with E-state index in [2.05, 4.69) is 9.88 Å². The molecule has 2 aromatic heterocycles. The number of rotatable bonds is 4. The molecule has 2 aliphatic heterocycles. The van der Waals surface area contributed by atoms with E-state index >= 15 is 0 Å². The maximum Gasteiger partial charge on any atom is 0.511 e. The van der Waals surface area contributed by atoms with Gasteiger partial charge in [0, 0.05) is 31.7 Å². The summed E-state index contributed by atoms with van der Waals surface area (Å²) in [6, 6.07) is 0.146. The average Bonchev–Trinajstić information content (AvgIpc) is 3.37. The van der Waals surface area contributed by atoms with Crippen LogP contribution in [0.1, 0.15) is 31.0 Å². The molecule has 1 saturated carbocycles. The summed E-state index contributed by atoms with van der Waals surface area (Å²) < 4.78 is 12.6. The lowest BCUT2D eigenvalue weighted by Crippen LogP contribution is -2.44. The molecule has 2 aromatic rings. The first-order valence-corrected chi connectivity index (χ1v) is 10.5. The Kier molecular flexibility index (Phi) is 4.46. The van der Waals surface area contributed by atoms with Gasteiger partial charge in [-0.15, -0.1) is 0 Å². The van der Waals surface area contributed by atoms with E-state index < -0.39 is 11.6 Å². The van der Waals surface area contributed by atoms with E-state index in [1.807, 2.05) is 4.57 Å². The van der Waals surface area contributed by atoms with E-state index in [0.29, 0.717) is 53.1 Å². The summed E-state index contributed by atoms with van der Waals surface area (Å²) in [6.45, 7) is 4.21. The minimum absolute atomic E-state index is 0.146. The SMILES string of the molecule is Cc1nc(N2CC3CCOC3(CN)C2)c(Cl)c2c1c(=O)c(OC(=O)O)cn2C1CC1. The van der Waals surface area contributed by atoms with Crippen molar-refractivity contribution in [2.75, 3.05) is 31.1 Å². The van der Waals surface area contributed by atoms with E-state index in [1.54, 1.807) is 6.92 Å². The summed E-state index contributed by atoms with van der Waals surface area (Å²) in [6.07, 6.45) is 2.72. The molecule has 2 unspecified atom stereocenters. The molecule has 5 rings (SSSR count). The maximum atomic E-state index is 13.0. The molecule has 3 fully saturated rings. The molecule has 10 heteroatoms. The molecule has 0 aromatic carbocycles. The Morgan fingerprint density at radius 1 is 1.47 bits per heavy atom. The van der Waals surface area contributed by atoms with Gasteiger partial charge in [-0.1, -0.05) is 11.6 Å². The number of fused-ring (bicyclic) bond motifs is 2. The van der Waals surface area contributed by atoms with Crippen LogP contribution in [-0.4, -0.2) is 52.7 Å². The van der Waals surface area contributed by atoms with Gasteiger partial charge in [-0.25, -0.2) is 9.78 Å². The van der Waals surface area contributed by atoms with Crippen LogP contribution in [0.25, 0.3) is 10.9 Å². The monoisotopic (exact) mass is 434 g/mol. The topological polar surface area (TPSA) is 120 Å². The Morgan fingerprint density at radius 2 is 2.23 bits per heavy atom. The smallest absolute Gasteiger partial charge is 0.449 e. The van der Waals surface area contributed by atoms with E-state index in [1.165, 1.54) is 6.20 Å². The van der Waals surface area contributed by atoms with Crippen LogP contribution in [0.15, 0.2) is 11.0 Å². The summed E-state index contributed by atoms with van der Waals surface area (Å²) >= 11 is 6.85. The third kappa shape index (κ3) is 2.87. The largest absolute Gasteiger partial charge is 0.511 e. The summed E-state index contributed by atoms with van der Waals surface area (Å²) in [7, 11) is 0. The number of ether oxygens (including phenoxy) is 2. The lowest BCUT2D eigenvalue weighted by molar-refractivity contribution is 0.0126.